The van der Waals surface area contributed by atoms with E-state index in [1.54, 1.807) is 0 Å². The second-order valence-electron chi connectivity index (χ2n) is 3.72. The molecule has 74 valence electrons. The SMILES string of the molecule is CCCNCOCOC(C)(C)C. The molecule has 0 atom stereocenters. The van der Waals surface area contributed by atoms with Crippen molar-refractivity contribution in [3.8, 4) is 0 Å². The highest BCUT2D eigenvalue weighted by Gasteiger charge is 2.08. The molecule has 0 radical (unpaired) electrons. The molecule has 0 aliphatic heterocycles. The number of rotatable bonds is 6. The van der Waals surface area contributed by atoms with E-state index in [9.17, 15) is 0 Å². The highest BCUT2D eigenvalue weighted by atomic mass is 16.7. The Labute approximate surface area is 75.4 Å². The predicted octanol–water partition coefficient (Wildman–Crippen LogP) is 1.73. The molecule has 0 bridgehead atoms. The molecule has 0 rings (SSSR count). The van der Waals surface area contributed by atoms with Crippen molar-refractivity contribution in [1.82, 2.24) is 5.32 Å². The summed E-state index contributed by atoms with van der Waals surface area (Å²) in [5.41, 5.74) is -0.106. The van der Waals surface area contributed by atoms with Gasteiger partial charge in [-0.2, -0.15) is 0 Å². The van der Waals surface area contributed by atoms with Crippen LogP contribution in [0, 0.1) is 0 Å². The molecule has 1 N–H and O–H groups in total. The molecule has 0 spiro atoms. The molecule has 0 amide bonds. The van der Waals surface area contributed by atoms with E-state index < -0.39 is 0 Å². The minimum Gasteiger partial charge on any atom is -0.350 e. The van der Waals surface area contributed by atoms with Gasteiger partial charge in [0.1, 0.15) is 6.79 Å². The van der Waals surface area contributed by atoms with Crippen molar-refractivity contribution < 1.29 is 9.47 Å². The van der Waals surface area contributed by atoms with Gasteiger partial charge in [-0.15, -0.1) is 0 Å². The van der Waals surface area contributed by atoms with E-state index in [2.05, 4.69) is 12.2 Å². The minimum atomic E-state index is -0.106. The van der Waals surface area contributed by atoms with Crippen LogP contribution in [0.5, 0.6) is 0 Å². The molecule has 0 aromatic carbocycles. The predicted molar refractivity (Wildman–Crippen MR) is 50.0 cm³/mol. The van der Waals surface area contributed by atoms with Gasteiger partial charge in [-0.1, -0.05) is 6.92 Å². The molecule has 0 unspecified atom stereocenters. The molecule has 0 aromatic heterocycles. The van der Waals surface area contributed by atoms with Crippen molar-refractivity contribution in [3.63, 3.8) is 0 Å². The van der Waals surface area contributed by atoms with Gasteiger partial charge >= 0.3 is 0 Å². The minimum absolute atomic E-state index is 0.106. The molecule has 0 heterocycles. The van der Waals surface area contributed by atoms with Crippen LogP contribution in [0.4, 0.5) is 0 Å². The lowest BCUT2D eigenvalue weighted by Gasteiger charge is -2.19. The lowest BCUT2D eigenvalue weighted by atomic mass is 10.2. The fourth-order valence-electron chi connectivity index (χ4n) is 0.581. The first-order chi connectivity index (χ1) is 5.56. The molecule has 0 saturated heterocycles. The zero-order valence-corrected chi connectivity index (χ0v) is 8.64. The van der Waals surface area contributed by atoms with Crippen molar-refractivity contribution in [2.75, 3.05) is 20.1 Å². The number of ether oxygens (including phenoxy) is 2. The van der Waals surface area contributed by atoms with Gasteiger partial charge in [0.15, 0.2) is 0 Å². The second-order valence-corrected chi connectivity index (χ2v) is 3.72. The normalized spacial score (nSPS) is 12.0. The Balaban J connectivity index is 3.01. The third kappa shape index (κ3) is 9.88. The third-order valence-electron chi connectivity index (χ3n) is 1.21. The van der Waals surface area contributed by atoms with Crippen molar-refractivity contribution in [2.24, 2.45) is 0 Å². The number of nitrogens with one attached hydrogen (secondary N) is 1. The van der Waals surface area contributed by atoms with Gasteiger partial charge < -0.3 is 9.47 Å². The Morgan fingerprint density at radius 3 is 2.42 bits per heavy atom. The Hall–Kier alpha value is -0.120. The molecule has 0 aromatic rings. The first-order valence-electron chi connectivity index (χ1n) is 4.48. The smallest absolute Gasteiger partial charge is 0.149 e. The van der Waals surface area contributed by atoms with Crippen molar-refractivity contribution in [1.29, 1.82) is 0 Å². The lowest BCUT2D eigenvalue weighted by molar-refractivity contribution is -0.123. The van der Waals surface area contributed by atoms with E-state index in [1.165, 1.54) is 0 Å². The number of hydrogen-bond acceptors (Lipinski definition) is 3. The third-order valence-corrected chi connectivity index (χ3v) is 1.21. The standard InChI is InChI=1S/C9H21NO2/c1-5-6-10-7-11-8-12-9(2,3)4/h10H,5-8H2,1-4H3. The zero-order chi connectivity index (χ0) is 9.45. The van der Waals surface area contributed by atoms with Crippen molar-refractivity contribution in [3.05, 3.63) is 0 Å². The molecule has 3 nitrogen and oxygen atoms in total. The largest absolute Gasteiger partial charge is 0.350 e. The lowest BCUT2D eigenvalue weighted by Crippen LogP contribution is -2.24. The average Bonchev–Trinajstić information content (AvgIpc) is 1.94. The molecule has 3 heteroatoms. The van der Waals surface area contributed by atoms with Crippen LogP contribution in [0.3, 0.4) is 0 Å². The van der Waals surface area contributed by atoms with Crippen molar-refractivity contribution in [2.45, 2.75) is 39.7 Å². The van der Waals surface area contributed by atoms with Crippen LogP contribution in [0.25, 0.3) is 0 Å². The van der Waals surface area contributed by atoms with E-state index in [1.807, 2.05) is 20.8 Å². The zero-order valence-electron chi connectivity index (χ0n) is 8.64. The Morgan fingerprint density at radius 2 is 1.92 bits per heavy atom. The summed E-state index contributed by atoms with van der Waals surface area (Å²) in [6, 6.07) is 0. The quantitative estimate of drug-likeness (QED) is 0.492. The van der Waals surface area contributed by atoms with E-state index in [4.69, 9.17) is 9.47 Å². The van der Waals surface area contributed by atoms with E-state index >= 15 is 0 Å². The van der Waals surface area contributed by atoms with Gasteiger partial charge in [0.05, 0.1) is 12.3 Å². The van der Waals surface area contributed by atoms with E-state index in [0.29, 0.717) is 13.5 Å². The van der Waals surface area contributed by atoms with Crippen LogP contribution < -0.4 is 5.32 Å². The maximum Gasteiger partial charge on any atom is 0.149 e. The Kier molecular flexibility index (Phi) is 6.34. The van der Waals surface area contributed by atoms with Gasteiger partial charge in [0.25, 0.3) is 0 Å². The maximum atomic E-state index is 5.35. The molecule has 0 fully saturated rings. The molecule has 0 saturated carbocycles. The molecule has 0 aliphatic carbocycles. The van der Waals surface area contributed by atoms with Gasteiger partial charge in [-0.3, -0.25) is 5.32 Å². The van der Waals surface area contributed by atoms with Gasteiger partial charge in [0.2, 0.25) is 0 Å². The Morgan fingerprint density at radius 1 is 1.25 bits per heavy atom. The monoisotopic (exact) mass is 175 g/mol. The summed E-state index contributed by atoms with van der Waals surface area (Å²) < 4.78 is 10.5. The summed E-state index contributed by atoms with van der Waals surface area (Å²) in [4.78, 5) is 0. The van der Waals surface area contributed by atoms with Crippen LogP contribution in [-0.4, -0.2) is 25.7 Å². The molecule has 0 aliphatic rings. The van der Waals surface area contributed by atoms with Crippen LogP contribution in [-0.2, 0) is 9.47 Å². The summed E-state index contributed by atoms with van der Waals surface area (Å²) in [5, 5.41) is 3.12. The topological polar surface area (TPSA) is 30.5 Å². The second kappa shape index (κ2) is 6.40. The highest BCUT2D eigenvalue weighted by Crippen LogP contribution is 2.05. The molecule has 12 heavy (non-hydrogen) atoms. The summed E-state index contributed by atoms with van der Waals surface area (Å²) in [5.74, 6) is 0. The number of hydrogen-bond donors (Lipinski definition) is 1. The van der Waals surface area contributed by atoms with E-state index in [0.717, 1.165) is 13.0 Å². The molecular formula is C9H21NO2. The summed E-state index contributed by atoms with van der Waals surface area (Å²) in [7, 11) is 0. The first kappa shape index (κ1) is 11.9. The fourth-order valence-corrected chi connectivity index (χ4v) is 0.581. The van der Waals surface area contributed by atoms with Crippen LogP contribution in [0.1, 0.15) is 34.1 Å². The summed E-state index contributed by atoms with van der Waals surface area (Å²) in [6.45, 7) is 10.1. The van der Waals surface area contributed by atoms with Crippen LogP contribution in [0.2, 0.25) is 0 Å². The first-order valence-corrected chi connectivity index (χ1v) is 4.48. The van der Waals surface area contributed by atoms with Gasteiger partial charge in [-0.05, 0) is 33.7 Å². The fraction of sp³-hybridized carbons (Fsp3) is 1.00. The van der Waals surface area contributed by atoms with Crippen molar-refractivity contribution >= 4 is 0 Å². The maximum absolute atomic E-state index is 5.35. The summed E-state index contributed by atoms with van der Waals surface area (Å²) in [6.07, 6.45) is 1.13. The molecular weight excluding hydrogens is 154 g/mol. The van der Waals surface area contributed by atoms with Crippen LogP contribution in [0.15, 0.2) is 0 Å². The van der Waals surface area contributed by atoms with Gasteiger partial charge in [0, 0.05) is 0 Å². The average molecular weight is 175 g/mol. The van der Waals surface area contributed by atoms with Gasteiger partial charge in [-0.25, -0.2) is 0 Å². The highest BCUT2D eigenvalue weighted by molar-refractivity contribution is 4.56. The Bertz CT molecular complexity index is 99.2. The van der Waals surface area contributed by atoms with Crippen LogP contribution >= 0.6 is 0 Å². The van der Waals surface area contributed by atoms with E-state index in [-0.39, 0.29) is 5.60 Å². The summed E-state index contributed by atoms with van der Waals surface area (Å²) >= 11 is 0.